The zero-order valence-electron chi connectivity index (χ0n) is 14.9. The van der Waals surface area contributed by atoms with Crippen molar-refractivity contribution in [2.45, 2.75) is 17.4 Å². The smallest absolute Gasteiger partial charge is 0.412 e. The monoisotopic (exact) mass is 406 g/mol. The van der Waals surface area contributed by atoms with E-state index in [9.17, 15) is 19.1 Å². The first-order valence-electron chi connectivity index (χ1n) is 8.13. The number of aromatic hydroxyl groups is 1. The summed E-state index contributed by atoms with van der Waals surface area (Å²) in [4.78, 5) is 24.3. The first kappa shape index (κ1) is 21.3. The Hall–Kier alpha value is -3.04. The first-order chi connectivity index (χ1) is 13.4. The number of halogens is 1. The van der Waals surface area contributed by atoms with E-state index in [2.05, 4.69) is 5.32 Å². The van der Waals surface area contributed by atoms with Crippen molar-refractivity contribution in [3.8, 4) is 5.75 Å². The minimum Gasteiger partial charge on any atom is -0.505 e. The summed E-state index contributed by atoms with van der Waals surface area (Å²) < 4.78 is 19.0. The van der Waals surface area contributed by atoms with E-state index in [1.165, 1.54) is 17.6 Å². The van der Waals surface area contributed by atoms with E-state index in [1.807, 2.05) is 18.4 Å². The third-order valence-corrected chi connectivity index (χ3v) is 4.40. The predicted molar refractivity (Wildman–Crippen MR) is 103 cm³/mol. The molecule has 0 radical (unpaired) electrons. The lowest BCUT2D eigenvalue weighted by Gasteiger charge is -2.18. The van der Waals surface area contributed by atoms with Gasteiger partial charge in [-0.15, -0.1) is 11.8 Å². The van der Waals surface area contributed by atoms with Gasteiger partial charge in [0.05, 0.1) is 0 Å². The van der Waals surface area contributed by atoms with Crippen molar-refractivity contribution in [3.05, 3.63) is 66.0 Å². The Morgan fingerprint density at radius 1 is 1.25 bits per heavy atom. The number of ether oxygens (including phenoxy) is 1. The lowest BCUT2D eigenvalue weighted by atomic mass is 10.1. The molecule has 9 heteroatoms. The van der Waals surface area contributed by atoms with Crippen LogP contribution in [0.25, 0.3) is 0 Å². The Morgan fingerprint density at radius 3 is 2.57 bits per heavy atom. The van der Waals surface area contributed by atoms with Gasteiger partial charge in [0, 0.05) is 23.1 Å². The van der Waals surface area contributed by atoms with Gasteiger partial charge in [0.25, 0.3) is 5.91 Å². The SMILES string of the molecule is CSc1ccc(NC(=O)O[C@@H](C/C=C/C(=O)NO)c2ccc(O)c(F)c2)cc1. The Balaban J connectivity index is 2.12. The number of anilines is 1. The van der Waals surface area contributed by atoms with Crippen LogP contribution in [-0.4, -0.2) is 28.6 Å². The number of carbonyl (C=O) groups is 2. The molecule has 148 valence electrons. The molecule has 2 aromatic carbocycles. The molecule has 4 N–H and O–H groups in total. The number of hydrogen-bond acceptors (Lipinski definition) is 6. The van der Waals surface area contributed by atoms with Crippen LogP contribution in [0, 0.1) is 5.82 Å². The van der Waals surface area contributed by atoms with Gasteiger partial charge in [0.2, 0.25) is 0 Å². The summed E-state index contributed by atoms with van der Waals surface area (Å²) in [6.45, 7) is 0. The Bertz CT molecular complexity index is 858. The molecule has 0 aromatic heterocycles. The number of carbonyl (C=O) groups excluding carboxylic acids is 2. The van der Waals surface area contributed by atoms with E-state index < -0.39 is 29.7 Å². The van der Waals surface area contributed by atoms with Crippen molar-refractivity contribution < 1.29 is 29.0 Å². The van der Waals surface area contributed by atoms with E-state index >= 15 is 0 Å². The molecule has 0 aliphatic carbocycles. The lowest BCUT2D eigenvalue weighted by Crippen LogP contribution is -2.18. The summed E-state index contributed by atoms with van der Waals surface area (Å²) in [5, 5.41) is 20.4. The van der Waals surface area contributed by atoms with Gasteiger partial charge < -0.3 is 9.84 Å². The summed E-state index contributed by atoms with van der Waals surface area (Å²) >= 11 is 1.56. The number of rotatable bonds is 7. The van der Waals surface area contributed by atoms with Gasteiger partial charge >= 0.3 is 6.09 Å². The van der Waals surface area contributed by atoms with Crippen molar-refractivity contribution in [3.63, 3.8) is 0 Å². The molecule has 0 unspecified atom stereocenters. The zero-order chi connectivity index (χ0) is 20.5. The third kappa shape index (κ3) is 6.29. The molecule has 0 fully saturated rings. The molecule has 7 nitrogen and oxygen atoms in total. The predicted octanol–water partition coefficient (Wildman–Crippen LogP) is 3.99. The highest BCUT2D eigenvalue weighted by Crippen LogP contribution is 2.27. The van der Waals surface area contributed by atoms with Gasteiger partial charge in [-0.1, -0.05) is 12.1 Å². The van der Waals surface area contributed by atoms with E-state index in [4.69, 9.17) is 9.94 Å². The molecule has 0 saturated heterocycles. The van der Waals surface area contributed by atoms with Crippen molar-refractivity contribution in [2.75, 3.05) is 11.6 Å². The van der Waals surface area contributed by atoms with Crippen LogP contribution in [0.4, 0.5) is 14.9 Å². The van der Waals surface area contributed by atoms with E-state index in [1.54, 1.807) is 23.9 Å². The van der Waals surface area contributed by atoms with Gasteiger partial charge in [-0.05, 0) is 48.2 Å². The fraction of sp³-hybridized carbons (Fsp3) is 0.158. The Kier molecular flexibility index (Phi) is 7.85. The largest absolute Gasteiger partial charge is 0.505 e. The highest BCUT2D eigenvalue weighted by Gasteiger charge is 2.18. The molecule has 0 spiro atoms. The fourth-order valence-electron chi connectivity index (χ4n) is 2.26. The minimum absolute atomic E-state index is 0.0382. The number of hydroxylamine groups is 1. The topological polar surface area (TPSA) is 108 Å². The number of hydrogen-bond donors (Lipinski definition) is 4. The molecule has 0 aliphatic rings. The number of thioether (sulfide) groups is 1. The zero-order valence-corrected chi connectivity index (χ0v) is 15.7. The number of amides is 2. The summed E-state index contributed by atoms with van der Waals surface area (Å²) in [7, 11) is 0. The quantitative estimate of drug-likeness (QED) is 0.240. The summed E-state index contributed by atoms with van der Waals surface area (Å²) in [6.07, 6.45) is 2.69. The second-order valence-electron chi connectivity index (χ2n) is 5.57. The van der Waals surface area contributed by atoms with Crippen LogP contribution in [0.2, 0.25) is 0 Å². The van der Waals surface area contributed by atoms with Crippen molar-refractivity contribution >= 4 is 29.4 Å². The minimum atomic E-state index is -0.927. The van der Waals surface area contributed by atoms with Crippen LogP contribution in [-0.2, 0) is 9.53 Å². The number of phenols is 1. The second kappa shape index (κ2) is 10.3. The molecular formula is C19H19FN2O5S. The van der Waals surface area contributed by atoms with Crippen LogP contribution < -0.4 is 10.8 Å². The maximum atomic E-state index is 13.7. The molecule has 0 saturated carbocycles. The Labute approximate surface area is 165 Å². The molecular weight excluding hydrogens is 387 g/mol. The molecule has 2 rings (SSSR count). The van der Waals surface area contributed by atoms with E-state index in [0.29, 0.717) is 5.69 Å². The van der Waals surface area contributed by atoms with Gasteiger partial charge in [0.1, 0.15) is 6.10 Å². The van der Waals surface area contributed by atoms with Crippen molar-refractivity contribution in [2.24, 2.45) is 0 Å². The first-order valence-corrected chi connectivity index (χ1v) is 9.36. The molecule has 0 bridgehead atoms. The lowest BCUT2D eigenvalue weighted by molar-refractivity contribution is -0.124. The number of nitrogens with one attached hydrogen (secondary N) is 2. The standard InChI is InChI=1S/C19H19FN2O5S/c1-28-14-8-6-13(7-9-14)21-19(25)27-17(3-2-4-18(24)22-26)12-5-10-16(23)15(20)11-12/h2,4-11,17,23,26H,3H2,1H3,(H,21,25)(H,22,24)/b4-2+/t17-/m0/s1. The Morgan fingerprint density at radius 2 is 1.96 bits per heavy atom. The maximum Gasteiger partial charge on any atom is 0.412 e. The van der Waals surface area contributed by atoms with E-state index in [0.717, 1.165) is 23.1 Å². The molecule has 2 amide bonds. The van der Waals surface area contributed by atoms with Gasteiger partial charge in [-0.2, -0.15) is 0 Å². The van der Waals surface area contributed by atoms with Crippen molar-refractivity contribution in [1.82, 2.24) is 5.48 Å². The molecule has 0 heterocycles. The highest BCUT2D eigenvalue weighted by molar-refractivity contribution is 7.98. The molecule has 28 heavy (non-hydrogen) atoms. The second-order valence-corrected chi connectivity index (χ2v) is 6.45. The molecule has 0 aliphatic heterocycles. The number of benzene rings is 2. The number of phenolic OH excluding ortho intramolecular Hbond substituents is 1. The normalized spacial score (nSPS) is 11.8. The summed E-state index contributed by atoms with van der Waals surface area (Å²) in [5.74, 6) is -2.15. The highest BCUT2D eigenvalue weighted by atomic mass is 32.2. The summed E-state index contributed by atoms with van der Waals surface area (Å²) in [6, 6.07) is 10.7. The van der Waals surface area contributed by atoms with Crippen LogP contribution >= 0.6 is 11.8 Å². The average Bonchev–Trinajstić information content (AvgIpc) is 2.69. The van der Waals surface area contributed by atoms with Crippen LogP contribution in [0.15, 0.2) is 59.5 Å². The van der Waals surface area contributed by atoms with E-state index in [-0.39, 0.29) is 12.0 Å². The average molecular weight is 406 g/mol. The van der Waals surface area contributed by atoms with Gasteiger partial charge in [-0.3, -0.25) is 15.3 Å². The van der Waals surface area contributed by atoms with Crippen molar-refractivity contribution in [1.29, 1.82) is 0 Å². The van der Waals surface area contributed by atoms with Crippen LogP contribution in [0.3, 0.4) is 0 Å². The molecule has 2 aromatic rings. The maximum absolute atomic E-state index is 13.7. The van der Waals surface area contributed by atoms with Gasteiger partial charge in [0.15, 0.2) is 11.6 Å². The fourth-order valence-corrected chi connectivity index (χ4v) is 2.67. The summed E-state index contributed by atoms with van der Waals surface area (Å²) in [5.41, 5.74) is 2.25. The van der Waals surface area contributed by atoms with Crippen LogP contribution in [0.1, 0.15) is 18.1 Å². The van der Waals surface area contributed by atoms with Crippen LogP contribution in [0.5, 0.6) is 5.75 Å². The van der Waals surface area contributed by atoms with Gasteiger partial charge in [-0.25, -0.2) is 14.7 Å². The third-order valence-electron chi connectivity index (χ3n) is 3.66. The molecule has 1 atom stereocenters.